The molecule has 1 aromatic carbocycles. The number of hydrogen-bond donors (Lipinski definition) is 1. The van der Waals surface area contributed by atoms with E-state index in [0.717, 1.165) is 45.6 Å². The quantitative estimate of drug-likeness (QED) is 0.922. The first-order valence-corrected chi connectivity index (χ1v) is 8.51. The average Bonchev–Trinajstić information content (AvgIpc) is 2.62. The van der Waals surface area contributed by atoms with Crippen molar-refractivity contribution in [3.05, 3.63) is 18.2 Å². The molecule has 0 unspecified atom stereocenters. The molecule has 2 saturated heterocycles. The molecule has 2 aliphatic rings. The van der Waals surface area contributed by atoms with Gasteiger partial charge in [0, 0.05) is 38.1 Å². The molecule has 0 atom stereocenters. The fourth-order valence-electron chi connectivity index (χ4n) is 3.71. The summed E-state index contributed by atoms with van der Waals surface area (Å²) >= 11 is 0. The highest BCUT2D eigenvalue weighted by atomic mass is 16.5. The second kappa shape index (κ2) is 7.30. The normalized spacial score (nSPS) is 19.8. The summed E-state index contributed by atoms with van der Waals surface area (Å²) in [5.74, 6) is 1.25. The predicted molar refractivity (Wildman–Crippen MR) is 91.9 cm³/mol. The van der Waals surface area contributed by atoms with Crippen LogP contribution in [0.3, 0.4) is 0 Å². The van der Waals surface area contributed by atoms with Crippen molar-refractivity contribution in [2.45, 2.75) is 25.7 Å². The number of likely N-dealkylation sites (tertiary alicyclic amines) is 1. The predicted octanol–water partition coefficient (Wildman–Crippen LogP) is 3.13. The minimum Gasteiger partial charge on any atom is -0.493 e. The van der Waals surface area contributed by atoms with Crippen molar-refractivity contribution < 1.29 is 19.0 Å². The number of nitrogens with zero attached hydrogens (tertiary/aromatic N) is 1. The van der Waals surface area contributed by atoms with Crippen molar-refractivity contribution in [3.8, 4) is 11.5 Å². The standard InChI is InChI=1S/C18H26N2O4/c1-22-15-5-4-14(12-16(15)23-2)19-17(21)20-9-3-6-18(13-20)7-10-24-11-8-18/h4-5,12H,3,6-11,13H2,1-2H3,(H,19,21). The van der Waals surface area contributed by atoms with Crippen molar-refractivity contribution in [1.82, 2.24) is 4.90 Å². The average molecular weight is 334 g/mol. The largest absolute Gasteiger partial charge is 0.493 e. The van der Waals surface area contributed by atoms with E-state index in [1.54, 1.807) is 26.4 Å². The smallest absolute Gasteiger partial charge is 0.321 e. The minimum atomic E-state index is -0.0483. The van der Waals surface area contributed by atoms with Gasteiger partial charge in [-0.1, -0.05) is 0 Å². The lowest BCUT2D eigenvalue weighted by atomic mass is 9.74. The van der Waals surface area contributed by atoms with Gasteiger partial charge in [-0.05, 0) is 43.2 Å². The molecule has 132 valence electrons. The fourth-order valence-corrected chi connectivity index (χ4v) is 3.71. The van der Waals surface area contributed by atoms with Crippen LogP contribution in [-0.4, -0.2) is 51.5 Å². The van der Waals surface area contributed by atoms with Gasteiger partial charge < -0.3 is 24.4 Å². The Hall–Kier alpha value is -1.95. The molecule has 0 aliphatic carbocycles. The molecule has 1 aromatic rings. The summed E-state index contributed by atoms with van der Waals surface area (Å²) in [6, 6.07) is 5.36. The maximum atomic E-state index is 12.7. The van der Waals surface area contributed by atoms with Crippen molar-refractivity contribution >= 4 is 11.7 Å². The maximum Gasteiger partial charge on any atom is 0.321 e. The lowest BCUT2D eigenvalue weighted by Crippen LogP contribution is -2.49. The van der Waals surface area contributed by atoms with Gasteiger partial charge >= 0.3 is 6.03 Å². The molecule has 0 bridgehead atoms. The maximum absolute atomic E-state index is 12.7. The lowest BCUT2D eigenvalue weighted by molar-refractivity contribution is -0.0175. The first kappa shape index (κ1) is 16.9. The van der Waals surface area contributed by atoms with Crippen LogP contribution in [0.2, 0.25) is 0 Å². The zero-order valence-corrected chi connectivity index (χ0v) is 14.5. The van der Waals surface area contributed by atoms with E-state index in [4.69, 9.17) is 14.2 Å². The van der Waals surface area contributed by atoms with Crippen LogP contribution in [0.4, 0.5) is 10.5 Å². The fraction of sp³-hybridized carbons (Fsp3) is 0.611. The third-order valence-electron chi connectivity index (χ3n) is 5.14. The van der Waals surface area contributed by atoms with E-state index < -0.39 is 0 Å². The van der Waals surface area contributed by atoms with E-state index in [1.807, 2.05) is 11.0 Å². The van der Waals surface area contributed by atoms with E-state index in [9.17, 15) is 4.79 Å². The first-order valence-electron chi connectivity index (χ1n) is 8.51. The summed E-state index contributed by atoms with van der Waals surface area (Å²) in [6.45, 7) is 3.24. The molecule has 0 aromatic heterocycles. The summed E-state index contributed by atoms with van der Waals surface area (Å²) in [7, 11) is 3.18. The van der Waals surface area contributed by atoms with Gasteiger partial charge in [0.25, 0.3) is 0 Å². The molecule has 1 spiro atoms. The Bertz CT molecular complexity index is 579. The van der Waals surface area contributed by atoms with Crippen LogP contribution in [0.15, 0.2) is 18.2 Å². The Labute approximate surface area is 143 Å². The van der Waals surface area contributed by atoms with Gasteiger partial charge in [-0.2, -0.15) is 0 Å². The van der Waals surface area contributed by atoms with Gasteiger partial charge in [-0.25, -0.2) is 4.79 Å². The SMILES string of the molecule is COc1ccc(NC(=O)N2CCCC3(CCOCC3)C2)cc1OC. The van der Waals surface area contributed by atoms with Crippen molar-refractivity contribution in [2.75, 3.05) is 45.8 Å². The van der Waals surface area contributed by atoms with Crippen LogP contribution in [0.5, 0.6) is 11.5 Å². The summed E-state index contributed by atoms with van der Waals surface area (Å²) in [4.78, 5) is 14.6. The highest BCUT2D eigenvalue weighted by molar-refractivity contribution is 5.89. The van der Waals surface area contributed by atoms with Crippen LogP contribution >= 0.6 is 0 Å². The molecule has 2 heterocycles. The minimum absolute atomic E-state index is 0.0483. The molecule has 3 rings (SSSR count). The highest BCUT2D eigenvalue weighted by Crippen LogP contribution is 2.39. The Kier molecular flexibility index (Phi) is 5.14. The van der Waals surface area contributed by atoms with Crippen molar-refractivity contribution in [2.24, 2.45) is 5.41 Å². The molecule has 1 N–H and O–H groups in total. The number of nitrogens with one attached hydrogen (secondary N) is 1. The van der Waals surface area contributed by atoms with Crippen molar-refractivity contribution in [1.29, 1.82) is 0 Å². The zero-order chi connectivity index (χ0) is 17.0. The van der Waals surface area contributed by atoms with Crippen LogP contribution in [0.25, 0.3) is 0 Å². The Morgan fingerprint density at radius 2 is 1.92 bits per heavy atom. The summed E-state index contributed by atoms with van der Waals surface area (Å²) in [5, 5.41) is 2.98. The number of methoxy groups -OCH3 is 2. The molecule has 6 nitrogen and oxygen atoms in total. The van der Waals surface area contributed by atoms with Gasteiger partial charge in [0.1, 0.15) is 0 Å². The number of anilines is 1. The molecular formula is C18H26N2O4. The third-order valence-corrected chi connectivity index (χ3v) is 5.14. The zero-order valence-electron chi connectivity index (χ0n) is 14.5. The third kappa shape index (κ3) is 3.59. The Morgan fingerprint density at radius 1 is 1.17 bits per heavy atom. The second-order valence-corrected chi connectivity index (χ2v) is 6.64. The lowest BCUT2D eigenvalue weighted by Gasteiger charge is -2.45. The van der Waals surface area contributed by atoms with Crippen LogP contribution < -0.4 is 14.8 Å². The van der Waals surface area contributed by atoms with Crippen LogP contribution in [0, 0.1) is 5.41 Å². The number of urea groups is 1. The topological polar surface area (TPSA) is 60.0 Å². The molecule has 2 fully saturated rings. The summed E-state index contributed by atoms with van der Waals surface area (Å²) in [5.41, 5.74) is 0.954. The molecule has 0 radical (unpaired) electrons. The van der Waals surface area contributed by atoms with E-state index >= 15 is 0 Å². The number of hydrogen-bond acceptors (Lipinski definition) is 4. The molecule has 0 saturated carbocycles. The van der Waals surface area contributed by atoms with E-state index in [-0.39, 0.29) is 11.4 Å². The highest BCUT2D eigenvalue weighted by Gasteiger charge is 2.38. The van der Waals surface area contributed by atoms with Crippen LogP contribution in [0.1, 0.15) is 25.7 Å². The number of carbonyl (C=O) groups excluding carboxylic acids is 1. The number of rotatable bonds is 3. The number of carbonyl (C=O) groups is 1. The molecule has 24 heavy (non-hydrogen) atoms. The van der Waals surface area contributed by atoms with E-state index in [1.165, 1.54) is 6.42 Å². The van der Waals surface area contributed by atoms with Gasteiger partial charge in [-0.3, -0.25) is 0 Å². The molecule has 6 heteroatoms. The number of benzene rings is 1. The summed E-state index contributed by atoms with van der Waals surface area (Å²) < 4.78 is 16.0. The number of piperidine rings is 1. The first-order chi connectivity index (χ1) is 11.7. The second-order valence-electron chi connectivity index (χ2n) is 6.64. The van der Waals surface area contributed by atoms with Gasteiger partial charge in [0.05, 0.1) is 14.2 Å². The van der Waals surface area contributed by atoms with Gasteiger partial charge in [-0.15, -0.1) is 0 Å². The van der Waals surface area contributed by atoms with Crippen LogP contribution in [-0.2, 0) is 4.74 Å². The molecule has 2 amide bonds. The van der Waals surface area contributed by atoms with Gasteiger partial charge in [0.2, 0.25) is 0 Å². The van der Waals surface area contributed by atoms with Gasteiger partial charge in [0.15, 0.2) is 11.5 Å². The Balaban J connectivity index is 1.66. The Morgan fingerprint density at radius 3 is 2.62 bits per heavy atom. The van der Waals surface area contributed by atoms with E-state index in [2.05, 4.69) is 5.32 Å². The molecule has 2 aliphatic heterocycles. The van der Waals surface area contributed by atoms with E-state index in [0.29, 0.717) is 17.2 Å². The summed E-state index contributed by atoms with van der Waals surface area (Å²) in [6.07, 6.45) is 4.34. The number of amides is 2. The number of ether oxygens (including phenoxy) is 3. The monoisotopic (exact) mass is 334 g/mol. The molecular weight excluding hydrogens is 308 g/mol. The van der Waals surface area contributed by atoms with Crippen molar-refractivity contribution in [3.63, 3.8) is 0 Å².